The third-order valence-electron chi connectivity index (χ3n) is 7.06. The lowest BCUT2D eigenvalue weighted by atomic mass is 9.77. The number of carbonyl (C=O) groups excluding carboxylic acids is 2. The molecule has 1 atom stereocenters. The molecule has 1 spiro atoms. The summed E-state index contributed by atoms with van der Waals surface area (Å²) in [6.07, 6.45) is 10.1. The molecule has 2 amide bonds. The Bertz CT molecular complexity index is 513. The van der Waals surface area contributed by atoms with Gasteiger partial charge < -0.3 is 14.7 Å². The molecule has 4 fully saturated rings. The van der Waals surface area contributed by atoms with Crippen LogP contribution in [0, 0.1) is 11.3 Å². The summed E-state index contributed by atoms with van der Waals surface area (Å²) in [6.45, 7) is 6.52. The second-order valence-electron chi connectivity index (χ2n) is 8.80. The van der Waals surface area contributed by atoms with Crippen molar-refractivity contribution in [2.45, 2.75) is 57.8 Å². The maximum Gasteiger partial charge on any atom is 0.230 e. The predicted octanol–water partition coefficient (Wildman–Crippen LogP) is 2.11. The molecule has 0 aromatic heterocycles. The van der Waals surface area contributed by atoms with Crippen molar-refractivity contribution in [3.63, 3.8) is 0 Å². The Kier molecular flexibility index (Phi) is 5.03. The Hall–Kier alpha value is -1.10. The largest absolute Gasteiger partial charge is 0.343 e. The standard InChI is InChI=1S/C20H33N3O2/c24-18(22-10-1-2-11-22)7-13-21-14-9-20(16-21)8-4-12-23(19(20)25)15-17-5-3-6-17/h17H,1-16H2/t20-/m0/s1. The number of hydrogen-bond donors (Lipinski definition) is 0. The first kappa shape index (κ1) is 17.3. The van der Waals surface area contributed by atoms with Crippen LogP contribution in [0.2, 0.25) is 0 Å². The first-order chi connectivity index (χ1) is 12.2. The number of amides is 2. The van der Waals surface area contributed by atoms with E-state index in [2.05, 4.69) is 9.80 Å². The third-order valence-corrected chi connectivity index (χ3v) is 7.06. The second-order valence-corrected chi connectivity index (χ2v) is 8.80. The van der Waals surface area contributed by atoms with Gasteiger partial charge in [0.2, 0.25) is 11.8 Å². The minimum Gasteiger partial charge on any atom is -0.343 e. The van der Waals surface area contributed by atoms with E-state index in [9.17, 15) is 9.59 Å². The van der Waals surface area contributed by atoms with Crippen LogP contribution in [0.15, 0.2) is 0 Å². The lowest BCUT2D eigenvalue weighted by Gasteiger charge is -2.42. The van der Waals surface area contributed by atoms with Gasteiger partial charge in [0, 0.05) is 45.7 Å². The van der Waals surface area contributed by atoms with Crippen LogP contribution in [0.5, 0.6) is 0 Å². The average Bonchev–Trinajstić information content (AvgIpc) is 3.23. The Morgan fingerprint density at radius 2 is 1.80 bits per heavy atom. The molecule has 3 saturated heterocycles. The zero-order valence-electron chi connectivity index (χ0n) is 15.5. The van der Waals surface area contributed by atoms with E-state index in [0.717, 1.165) is 83.8 Å². The van der Waals surface area contributed by atoms with Crippen molar-refractivity contribution >= 4 is 11.8 Å². The molecule has 3 aliphatic heterocycles. The Labute approximate surface area is 151 Å². The highest BCUT2D eigenvalue weighted by Gasteiger charge is 2.48. The quantitative estimate of drug-likeness (QED) is 0.765. The minimum absolute atomic E-state index is 0.140. The topological polar surface area (TPSA) is 43.9 Å². The molecule has 3 heterocycles. The SMILES string of the molecule is O=C(CCN1CC[C@@]2(CCCN(CC3CCC3)C2=O)C1)N1CCCC1. The molecule has 0 aromatic rings. The lowest BCUT2D eigenvalue weighted by molar-refractivity contribution is -0.146. The summed E-state index contributed by atoms with van der Waals surface area (Å²) in [5.41, 5.74) is -0.140. The van der Waals surface area contributed by atoms with Gasteiger partial charge in [0.15, 0.2) is 0 Å². The monoisotopic (exact) mass is 347 g/mol. The lowest BCUT2D eigenvalue weighted by Crippen LogP contribution is -2.51. The summed E-state index contributed by atoms with van der Waals surface area (Å²) < 4.78 is 0. The van der Waals surface area contributed by atoms with E-state index in [4.69, 9.17) is 0 Å². The zero-order chi connectivity index (χ0) is 17.3. The van der Waals surface area contributed by atoms with E-state index in [1.807, 2.05) is 4.90 Å². The van der Waals surface area contributed by atoms with Crippen LogP contribution < -0.4 is 0 Å². The van der Waals surface area contributed by atoms with E-state index >= 15 is 0 Å². The second kappa shape index (κ2) is 7.26. The van der Waals surface area contributed by atoms with Gasteiger partial charge in [0.1, 0.15) is 0 Å². The van der Waals surface area contributed by atoms with E-state index in [1.165, 1.54) is 19.3 Å². The van der Waals surface area contributed by atoms with Gasteiger partial charge in [-0.15, -0.1) is 0 Å². The normalized spacial score (nSPS) is 31.1. The summed E-state index contributed by atoms with van der Waals surface area (Å²) in [4.78, 5) is 32.0. The van der Waals surface area contributed by atoms with Crippen LogP contribution in [0.4, 0.5) is 0 Å². The van der Waals surface area contributed by atoms with E-state index in [0.29, 0.717) is 18.2 Å². The number of piperidine rings is 1. The smallest absolute Gasteiger partial charge is 0.230 e. The van der Waals surface area contributed by atoms with Crippen LogP contribution >= 0.6 is 0 Å². The van der Waals surface area contributed by atoms with Gasteiger partial charge in [0.05, 0.1) is 5.41 Å². The molecule has 0 bridgehead atoms. The van der Waals surface area contributed by atoms with Gasteiger partial charge in [-0.05, 0) is 57.4 Å². The van der Waals surface area contributed by atoms with Gasteiger partial charge in [-0.1, -0.05) is 6.42 Å². The van der Waals surface area contributed by atoms with Crippen molar-refractivity contribution < 1.29 is 9.59 Å². The first-order valence-corrected chi connectivity index (χ1v) is 10.5. The van der Waals surface area contributed by atoms with Crippen molar-refractivity contribution in [1.29, 1.82) is 0 Å². The molecule has 0 aromatic carbocycles. The third kappa shape index (κ3) is 3.57. The van der Waals surface area contributed by atoms with Crippen molar-refractivity contribution in [1.82, 2.24) is 14.7 Å². The molecule has 4 aliphatic rings. The van der Waals surface area contributed by atoms with Gasteiger partial charge in [0.25, 0.3) is 0 Å². The highest BCUT2D eigenvalue weighted by molar-refractivity contribution is 5.84. The van der Waals surface area contributed by atoms with Gasteiger partial charge in [-0.3, -0.25) is 9.59 Å². The number of likely N-dealkylation sites (tertiary alicyclic amines) is 3. The Morgan fingerprint density at radius 1 is 1.00 bits per heavy atom. The molecule has 0 N–H and O–H groups in total. The molecule has 0 radical (unpaired) electrons. The van der Waals surface area contributed by atoms with Crippen LogP contribution in [-0.2, 0) is 9.59 Å². The Morgan fingerprint density at radius 3 is 2.52 bits per heavy atom. The molecule has 0 unspecified atom stereocenters. The van der Waals surface area contributed by atoms with Crippen molar-refractivity contribution in [3.05, 3.63) is 0 Å². The first-order valence-electron chi connectivity index (χ1n) is 10.5. The van der Waals surface area contributed by atoms with Crippen molar-refractivity contribution in [2.24, 2.45) is 11.3 Å². The van der Waals surface area contributed by atoms with E-state index in [-0.39, 0.29) is 5.41 Å². The predicted molar refractivity (Wildman–Crippen MR) is 97.1 cm³/mol. The maximum atomic E-state index is 13.1. The molecular weight excluding hydrogens is 314 g/mol. The minimum atomic E-state index is -0.140. The van der Waals surface area contributed by atoms with Crippen LogP contribution in [-0.4, -0.2) is 72.3 Å². The molecule has 1 aliphatic carbocycles. The summed E-state index contributed by atoms with van der Waals surface area (Å²) in [5.74, 6) is 1.48. The van der Waals surface area contributed by atoms with Gasteiger partial charge in [-0.2, -0.15) is 0 Å². The number of rotatable bonds is 5. The fourth-order valence-corrected chi connectivity index (χ4v) is 5.22. The molecule has 140 valence electrons. The molecular formula is C20H33N3O2. The number of carbonyl (C=O) groups is 2. The summed E-state index contributed by atoms with van der Waals surface area (Å²) >= 11 is 0. The van der Waals surface area contributed by atoms with Gasteiger partial charge >= 0.3 is 0 Å². The average molecular weight is 348 g/mol. The number of hydrogen-bond acceptors (Lipinski definition) is 3. The van der Waals surface area contributed by atoms with Crippen molar-refractivity contribution in [2.75, 3.05) is 45.8 Å². The maximum absolute atomic E-state index is 13.1. The van der Waals surface area contributed by atoms with E-state index in [1.54, 1.807) is 0 Å². The fourth-order valence-electron chi connectivity index (χ4n) is 5.22. The highest BCUT2D eigenvalue weighted by atomic mass is 16.2. The van der Waals surface area contributed by atoms with Crippen LogP contribution in [0.25, 0.3) is 0 Å². The van der Waals surface area contributed by atoms with Crippen LogP contribution in [0.3, 0.4) is 0 Å². The summed E-state index contributed by atoms with van der Waals surface area (Å²) in [5, 5.41) is 0. The van der Waals surface area contributed by atoms with Crippen molar-refractivity contribution in [3.8, 4) is 0 Å². The fraction of sp³-hybridized carbons (Fsp3) is 0.900. The molecule has 5 heteroatoms. The molecule has 25 heavy (non-hydrogen) atoms. The van der Waals surface area contributed by atoms with Crippen LogP contribution in [0.1, 0.15) is 57.8 Å². The van der Waals surface area contributed by atoms with Gasteiger partial charge in [-0.25, -0.2) is 0 Å². The molecule has 5 nitrogen and oxygen atoms in total. The van der Waals surface area contributed by atoms with E-state index < -0.39 is 0 Å². The Balaban J connectivity index is 1.29. The summed E-state index contributed by atoms with van der Waals surface area (Å²) in [6, 6.07) is 0. The zero-order valence-corrected chi connectivity index (χ0v) is 15.5. The number of nitrogens with zero attached hydrogens (tertiary/aromatic N) is 3. The molecule has 1 saturated carbocycles. The summed E-state index contributed by atoms with van der Waals surface area (Å²) in [7, 11) is 0. The molecule has 4 rings (SSSR count). The highest BCUT2D eigenvalue weighted by Crippen LogP contribution is 2.41.